The van der Waals surface area contributed by atoms with Crippen molar-refractivity contribution in [1.29, 1.82) is 0 Å². The lowest BCUT2D eigenvalue weighted by Gasteiger charge is -2.04. The normalized spacial score (nSPS) is 10.1. The molecule has 0 aliphatic carbocycles. The smallest absolute Gasteiger partial charge is 0.276 e. The minimum Gasteiger partial charge on any atom is -0.319 e. The number of hydrogen-bond acceptors (Lipinski definition) is 2. The van der Waals surface area contributed by atoms with Crippen LogP contribution < -0.4 is 5.32 Å². The molecule has 1 aromatic carbocycles. The number of anilines is 1. The summed E-state index contributed by atoms with van der Waals surface area (Å²) in [7, 11) is 0. The number of aromatic nitrogens is 2. The van der Waals surface area contributed by atoms with E-state index in [0.29, 0.717) is 16.4 Å². The monoisotopic (exact) mass is 235 g/mol. The minimum absolute atomic E-state index is 0.280. The number of carbonyl (C=O) groups excluding carboxylic acids is 1. The molecule has 0 saturated heterocycles. The Morgan fingerprint density at radius 1 is 1.44 bits per heavy atom. The van der Waals surface area contributed by atoms with E-state index in [9.17, 15) is 4.79 Å². The molecule has 16 heavy (non-hydrogen) atoms. The van der Waals surface area contributed by atoms with Gasteiger partial charge in [0.1, 0.15) is 0 Å². The van der Waals surface area contributed by atoms with Crippen molar-refractivity contribution in [2.45, 2.75) is 6.92 Å². The molecule has 2 aromatic rings. The molecule has 0 bridgehead atoms. The first kappa shape index (κ1) is 10.7. The quantitative estimate of drug-likeness (QED) is 0.841. The predicted octanol–water partition coefficient (Wildman–Crippen LogP) is 2.62. The summed E-state index contributed by atoms with van der Waals surface area (Å²) in [5.41, 5.74) is 1.76. The van der Waals surface area contributed by atoms with Crippen molar-refractivity contribution in [2.75, 3.05) is 5.32 Å². The Hall–Kier alpha value is -1.81. The van der Waals surface area contributed by atoms with Gasteiger partial charge in [0.25, 0.3) is 5.91 Å². The second-order valence-electron chi connectivity index (χ2n) is 3.37. The molecule has 0 radical (unpaired) electrons. The van der Waals surface area contributed by atoms with E-state index in [-0.39, 0.29) is 5.91 Å². The van der Waals surface area contributed by atoms with E-state index in [4.69, 9.17) is 11.6 Å². The van der Waals surface area contributed by atoms with E-state index in [0.717, 1.165) is 5.69 Å². The number of nitrogens with one attached hydrogen (secondary N) is 2. The maximum Gasteiger partial charge on any atom is 0.276 e. The van der Waals surface area contributed by atoms with Crippen molar-refractivity contribution in [2.24, 2.45) is 0 Å². The van der Waals surface area contributed by atoms with Crippen LogP contribution in [0.3, 0.4) is 0 Å². The molecule has 4 nitrogen and oxygen atoms in total. The lowest BCUT2D eigenvalue weighted by atomic mass is 10.3. The highest BCUT2D eigenvalue weighted by Crippen LogP contribution is 2.20. The number of halogens is 1. The van der Waals surface area contributed by atoms with Crippen molar-refractivity contribution in [3.05, 3.63) is 46.7 Å². The van der Waals surface area contributed by atoms with Crippen LogP contribution in [0.5, 0.6) is 0 Å². The summed E-state index contributed by atoms with van der Waals surface area (Å²) in [4.78, 5) is 11.7. The van der Waals surface area contributed by atoms with Gasteiger partial charge < -0.3 is 5.32 Å². The highest BCUT2D eigenvalue weighted by molar-refractivity contribution is 6.33. The number of aromatic amines is 1. The molecular weight excluding hydrogens is 226 g/mol. The lowest BCUT2D eigenvalue weighted by molar-refractivity contribution is 0.102. The van der Waals surface area contributed by atoms with E-state index < -0.39 is 0 Å². The summed E-state index contributed by atoms with van der Waals surface area (Å²) < 4.78 is 0. The van der Waals surface area contributed by atoms with Crippen molar-refractivity contribution >= 4 is 23.2 Å². The van der Waals surface area contributed by atoms with Gasteiger partial charge in [-0.2, -0.15) is 5.10 Å². The van der Waals surface area contributed by atoms with Gasteiger partial charge in [-0.25, -0.2) is 0 Å². The maximum atomic E-state index is 11.7. The molecule has 1 heterocycles. The average molecular weight is 236 g/mol. The second kappa shape index (κ2) is 4.37. The van der Waals surface area contributed by atoms with Crippen LogP contribution in [0.15, 0.2) is 30.3 Å². The van der Waals surface area contributed by atoms with Crippen LogP contribution in [0.25, 0.3) is 0 Å². The van der Waals surface area contributed by atoms with Crippen LogP contribution in [0.1, 0.15) is 16.2 Å². The van der Waals surface area contributed by atoms with Gasteiger partial charge >= 0.3 is 0 Å². The molecule has 82 valence electrons. The van der Waals surface area contributed by atoms with Gasteiger partial charge in [0.15, 0.2) is 5.69 Å². The van der Waals surface area contributed by atoms with Crippen LogP contribution >= 0.6 is 11.6 Å². The Labute approximate surface area is 97.6 Å². The molecule has 0 saturated carbocycles. The first-order chi connectivity index (χ1) is 7.66. The third-order valence-corrected chi connectivity index (χ3v) is 2.39. The highest BCUT2D eigenvalue weighted by Gasteiger charge is 2.10. The van der Waals surface area contributed by atoms with E-state index in [1.165, 1.54) is 0 Å². The number of rotatable bonds is 2. The molecule has 0 spiro atoms. The summed E-state index contributed by atoms with van der Waals surface area (Å²) in [6.45, 7) is 1.83. The van der Waals surface area contributed by atoms with Gasteiger partial charge in [0.05, 0.1) is 10.7 Å². The number of aryl methyl sites for hydroxylation is 1. The van der Waals surface area contributed by atoms with Crippen molar-refractivity contribution < 1.29 is 4.79 Å². The molecule has 0 atom stereocenters. The fourth-order valence-electron chi connectivity index (χ4n) is 1.28. The van der Waals surface area contributed by atoms with Crippen LogP contribution in [0.4, 0.5) is 5.69 Å². The van der Waals surface area contributed by atoms with Crippen LogP contribution in [-0.2, 0) is 0 Å². The third kappa shape index (κ3) is 2.23. The molecule has 0 unspecified atom stereocenters. The molecule has 5 heteroatoms. The zero-order valence-corrected chi connectivity index (χ0v) is 9.38. The Morgan fingerprint density at radius 2 is 2.19 bits per heavy atom. The zero-order chi connectivity index (χ0) is 11.5. The highest BCUT2D eigenvalue weighted by atomic mass is 35.5. The van der Waals surface area contributed by atoms with E-state index in [2.05, 4.69) is 15.5 Å². The largest absolute Gasteiger partial charge is 0.319 e. The van der Waals surface area contributed by atoms with Gasteiger partial charge in [-0.1, -0.05) is 23.7 Å². The molecule has 0 fully saturated rings. The number of amides is 1. The molecule has 0 aliphatic rings. The molecular formula is C11H10ClN3O. The summed E-state index contributed by atoms with van der Waals surface area (Å²) in [6.07, 6.45) is 0. The fraction of sp³-hybridized carbons (Fsp3) is 0.0909. The van der Waals surface area contributed by atoms with Gasteiger partial charge in [-0.05, 0) is 25.1 Å². The number of hydrogen-bond donors (Lipinski definition) is 2. The Bertz CT molecular complexity index is 521. The number of benzene rings is 1. The van der Waals surface area contributed by atoms with Gasteiger partial charge in [0.2, 0.25) is 0 Å². The SMILES string of the molecule is Cc1cc(C(=O)Nc2ccccc2Cl)n[nH]1. The van der Waals surface area contributed by atoms with Crippen molar-refractivity contribution in [3.63, 3.8) is 0 Å². The maximum absolute atomic E-state index is 11.7. The predicted molar refractivity (Wildman–Crippen MR) is 62.7 cm³/mol. The lowest BCUT2D eigenvalue weighted by Crippen LogP contribution is -2.12. The summed E-state index contributed by atoms with van der Waals surface area (Å²) >= 11 is 5.92. The Kier molecular flexibility index (Phi) is 2.92. The first-order valence-corrected chi connectivity index (χ1v) is 5.12. The first-order valence-electron chi connectivity index (χ1n) is 4.75. The number of nitrogens with zero attached hydrogens (tertiary/aromatic N) is 1. The summed E-state index contributed by atoms with van der Waals surface area (Å²) in [5.74, 6) is -0.280. The van der Waals surface area contributed by atoms with E-state index in [1.54, 1.807) is 30.3 Å². The van der Waals surface area contributed by atoms with Crippen LogP contribution in [-0.4, -0.2) is 16.1 Å². The number of carbonyl (C=O) groups is 1. The Morgan fingerprint density at radius 3 is 2.81 bits per heavy atom. The summed E-state index contributed by atoms with van der Waals surface area (Å²) in [6, 6.07) is 8.73. The third-order valence-electron chi connectivity index (χ3n) is 2.06. The standard InChI is InChI=1S/C11H10ClN3O/c1-7-6-10(15-14-7)11(16)13-9-5-3-2-4-8(9)12/h2-6H,1H3,(H,13,16)(H,14,15). The molecule has 1 aromatic heterocycles. The number of para-hydroxylation sites is 1. The summed E-state index contributed by atoms with van der Waals surface area (Å²) in [5, 5.41) is 9.76. The molecule has 2 rings (SSSR count). The topological polar surface area (TPSA) is 57.8 Å². The average Bonchev–Trinajstić information content (AvgIpc) is 2.68. The Balaban J connectivity index is 2.17. The molecule has 1 amide bonds. The molecule has 2 N–H and O–H groups in total. The van der Waals surface area contributed by atoms with Gasteiger partial charge in [-0.3, -0.25) is 9.89 Å². The van der Waals surface area contributed by atoms with Gasteiger partial charge in [0, 0.05) is 5.69 Å². The van der Waals surface area contributed by atoms with Crippen LogP contribution in [0.2, 0.25) is 5.02 Å². The van der Waals surface area contributed by atoms with Crippen molar-refractivity contribution in [3.8, 4) is 0 Å². The van der Waals surface area contributed by atoms with Crippen molar-refractivity contribution in [1.82, 2.24) is 10.2 Å². The minimum atomic E-state index is -0.280. The fourth-order valence-corrected chi connectivity index (χ4v) is 1.47. The van der Waals surface area contributed by atoms with E-state index >= 15 is 0 Å². The molecule has 0 aliphatic heterocycles. The van der Waals surface area contributed by atoms with E-state index in [1.807, 2.05) is 6.92 Å². The van der Waals surface area contributed by atoms with Crippen LogP contribution in [0, 0.1) is 6.92 Å². The number of H-pyrrole nitrogens is 1. The second-order valence-corrected chi connectivity index (χ2v) is 3.78. The van der Waals surface area contributed by atoms with Gasteiger partial charge in [-0.15, -0.1) is 0 Å². The zero-order valence-electron chi connectivity index (χ0n) is 8.62.